The summed E-state index contributed by atoms with van der Waals surface area (Å²) in [5.41, 5.74) is 0.820. The molecule has 2 aliphatic rings. The largest absolute Gasteiger partial charge is 0.481 e. The van der Waals surface area contributed by atoms with Crippen molar-refractivity contribution in [3.8, 4) is 5.75 Å². The van der Waals surface area contributed by atoms with Gasteiger partial charge in [-0.2, -0.15) is 0 Å². The zero-order chi connectivity index (χ0) is 20.1. The third kappa shape index (κ3) is 2.96. The summed E-state index contributed by atoms with van der Waals surface area (Å²) in [5.74, 6) is -1.62. The lowest BCUT2D eigenvalue weighted by molar-refractivity contribution is -0.118. The molecule has 1 aliphatic heterocycles. The van der Waals surface area contributed by atoms with Gasteiger partial charge in [-0.05, 0) is 30.9 Å². The molecule has 3 aromatic rings. The predicted molar refractivity (Wildman–Crippen MR) is 104 cm³/mol. The summed E-state index contributed by atoms with van der Waals surface area (Å²) in [6.45, 7) is -0.313. The quantitative estimate of drug-likeness (QED) is 0.606. The first-order chi connectivity index (χ1) is 14.0. The number of hydrogen-bond donors (Lipinski definition) is 3. The summed E-state index contributed by atoms with van der Waals surface area (Å²) in [5, 5.41) is 5.54. The highest BCUT2D eigenvalue weighted by molar-refractivity contribution is 7.18. The van der Waals surface area contributed by atoms with E-state index in [0.29, 0.717) is 10.2 Å². The molecule has 10 heteroatoms. The lowest BCUT2D eigenvalue weighted by atomic mass is 10.1. The molecule has 0 bridgehead atoms. The van der Waals surface area contributed by atoms with Gasteiger partial charge in [-0.25, -0.2) is 9.37 Å². The second-order valence-corrected chi connectivity index (χ2v) is 7.97. The van der Waals surface area contributed by atoms with Crippen molar-refractivity contribution in [1.82, 2.24) is 15.3 Å². The van der Waals surface area contributed by atoms with Gasteiger partial charge in [0.15, 0.2) is 12.4 Å². The number of carbonyl (C=O) groups excluding carboxylic acids is 2. The molecule has 3 heterocycles. The van der Waals surface area contributed by atoms with E-state index in [9.17, 15) is 18.8 Å². The van der Waals surface area contributed by atoms with Gasteiger partial charge in [0, 0.05) is 17.0 Å². The van der Waals surface area contributed by atoms with Crippen molar-refractivity contribution in [3.05, 3.63) is 50.1 Å². The molecule has 0 saturated carbocycles. The fourth-order valence-corrected chi connectivity index (χ4v) is 4.92. The van der Waals surface area contributed by atoms with Gasteiger partial charge in [-0.3, -0.25) is 14.4 Å². The van der Waals surface area contributed by atoms with Crippen LogP contribution in [0.15, 0.2) is 16.9 Å². The van der Waals surface area contributed by atoms with E-state index in [-0.39, 0.29) is 41.5 Å². The van der Waals surface area contributed by atoms with Gasteiger partial charge in [0.05, 0.1) is 5.39 Å². The number of fused-ring (bicyclic) bond motifs is 4. The molecule has 0 atom stereocenters. The third-order valence-electron chi connectivity index (χ3n) is 5.04. The van der Waals surface area contributed by atoms with Crippen LogP contribution < -0.4 is 20.9 Å². The molecule has 2 amide bonds. The zero-order valence-electron chi connectivity index (χ0n) is 15.1. The molecule has 5 rings (SSSR count). The fraction of sp³-hybridized carbons (Fsp3) is 0.263. The molecule has 148 valence electrons. The molecular weight excluding hydrogens is 399 g/mol. The fourth-order valence-electron chi connectivity index (χ4n) is 3.66. The Morgan fingerprint density at radius 2 is 2.17 bits per heavy atom. The minimum absolute atomic E-state index is 0.0472. The first-order valence-electron chi connectivity index (χ1n) is 9.08. The van der Waals surface area contributed by atoms with E-state index >= 15 is 0 Å². The van der Waals surface area contributed by atoms with E-state index < -0.39 is 17.6 Å². The van der Waals surface area contributed by atoms with Crippen LogP contribution in [0.3, 0.4) is 0 Å². The average molecular weight is 414 g/mol. The first-order valence-corrected chi connectivity index (χ1v) is 9.89. The molecule has 1 aromatic carbocycles. The maximum Gasteiger partial charge on any atom is 0.287 e. The van der Waals surface area contributed by atoms with E-state index in [1.54, 1.807) is 0 Å². The molecular formula is C19H15FN4O4S. The number of thiophene rings is 1. The Morgan fingerprint density at radius 3 is 3.03 bits per heavy atom. The summed E-state index contributed by atoms with van der Waals surface area (Å²) in [4.78, 5) is 44.9. The lowest BCUT2D eigenvalue weighted by Gasteiger charge is -2.19. The number of nitrogens with zero attached hydrogens (tertiary/aromatic N) is 1. The smallest absolute Gasteiger partial charge is 0.287 e. The Bertz CT molecular complexity index is 1250. The average Bonchev–Trinajstić information content (AvgIpc) is 3.28. The van der Waals surface area contributed by atoms with Crippen LogP contribution in [0.5, 0.6) is 5.75 Å². The summed E-state index contributed by atoms with van der Waals surface area (Å²) in [6, 6.07) is 2.99. The molecule has 0 spiro atoms. The molecule has 1 aliphatic carbocycles. The van der Waals surface area contributed by atoms with Crippen molar-refractivity contribution >= 4 is 39.1 Å². The van der Waals surface area contributed by atoms with Gasteiger partial charge in [-0.1, -0.05) is 6.07 Å². The van der Waals surface area contributed by atoms with E-state index in [4.69, 9.17) is 4.74 Å². The van der Waals surface area contributed by atoms with E-state index in [0.717, 1.165) is 29.7 Å². The number of aromatic nitrogens is 2. The summed E-state index contributed by atoms with van der Waals surface area (Å²) >= 11 is 1.44. The molecule has 0 radical (unpaired) electrons. The number of anilines is 1. The minimum Gasteiger partial charge on any atom is -0.481 e. The molecule has 0 unspecified atom stereocenters. The SMILES string of the molecule is O=C1COc2ccc(CNC(=O)c3nc4sc5c(c4c(=O)[nH]3)CCC5)c(F)c2N1. The Labute approximate surface area is 167 Å². The number of H-pyrrole nitrogens is 1. The van der Waals surface area contributed by atoms with E-state index in [1.807, 2.05) is 0 Å². The number of benzene rings is 1. The van der Waals surface area contributed by atoms with Crippen LogP contribution in [0.25, 0.3) is 10.2 Å². The number of ether oxygens (including phenoxy) is 1. The van der Waals surface area contributed by atoms with Crippen molar-refractivity contribution in [1.29, 1.82) is 0 Å². The molecule has 0 saturated heterocycles. The van der Waals surface area contributed by atoms with Crippen molar-refractivity contribution in [2.75, 3.05) is 11.9 Å². The third-order valence-corrected chi connectivity index (χ3v) is 6.22. The van der Waals surface area contributed by atoms with Gasteiger partial charge >= 0.3 is 0 Å². The van der Waals surface area contributed by atoms with Gasteiger partial charge in [0.1, 0.15) is 16.3 Å². The second kappa shape index (κ2) is 6.66. The molecule has 0 fully saturated rings. The number of hydrogen-bond acceptors (Lipinski definition) is 6. The molecule has 8 nitrogen and oxygen atoms in total. The van der Waals surface area contributed by atoms with Gasteiger partial charge in [-0.15, -0.1) is 11.3 Å². The van der Waals surface area contributed by atoms with Crippen molar-refractivity contribution < 1.29 is 18.7 Å². The van der Waals surface area contributed by atoms with Crippen molar-refractivity contribution in [2.45, 2.75) is 25.8 Å². The van der Waals surface area contributed by atoms with Crippen LogP contribution in [0, 0.1) is 5.82 Å². The van der Waals surface area contributed by atoms with Crippen molar-refractivity contribution in [3.63, 3.8) is 0 Å². The molecule has 3 N–H and O–H groups in total. The van der Waals surface area contributed by atoms with E-state index in [1.165, 1.54) is 23.5 Å². The Kier molecular flexibility index (Phi) is 4.09. The normalized spacial score (nSPS) is 14.9. The number of nitrogens with one attached hydrogen (secondary N) is 3. The van der Waals surface area contributed by atoms with Crippen LogP contribution >= 0.6 is 11.3 Å². The van der Waals surface area contributed by atoms with Crippen LogP contribution in [0.4, 0.5) is 10.1 Å². The van der Waals surface area contributed by atoms with Crippen molar-refractivity contribution in [2.24, 2.45) is 0 Å². The highest BCUT2D eigenvalue weighted by atomic mass is 32.1. The number of amides is 2. The summed E-state index contributed by atoms with van der Waals surface area (Å²) in [7, 11) is 0. The van der Waals surface area contributed by atoms with Crippen LogP contribution in [-0.4, -0.2) is 28.4 Å². The Hall–Kier alpha value is -3.27. The predicted octanol–water partition coefficient (Wildman–Crippen LogP) is 1.87. The van der Waals surface area contributed by atoms with Gasteiger partial charge in [0.2, 0.25) is 5.82 Å². The maximum atomic E-state index is 14.6. The summed E-state index contributed by atoms with van der Waals surface area (Å²) < 4.78 is 19.8. The number of carbonyl (C=O) groups is 2. The molecule has 2 aromatic heterocycles. The number of aryl methyl sites for hydroxylation is 2. The topological polar surface area (TPSA) is 113 Å². The van der Waals surface area contributed by atoms with Crippen LogP contribution in [0.1, 0.15) is 33.0 Å². The lowest BCUT2D eigenvalue weighted by Crippen LogP contribution is -2.29. The standard InChI is InChI=1S/C19H15FN4O4S/c20-14-8(4-5-10-15(14)22-12(25)7-28-10)6-21-18(27)16-23-17(26)13-9-2-1-3-11(9)29-19(13)24-16/h4-5H,1-3,6-7H2,(H,21,27)(H,22,25)(H,23,24,26). The summed E-state index contributed by atoms with van der Waals surface area (Å²) in [6.07, 6.45) is 2.80. The minimum atomic E-state index is -0.678. The van der Waals surface area contributed by atoms with Crippen LogP contribution in [-0.2, 0) is 24.2 Å². The molecule has 29 heavy (non-hydrogen) atoms. The Morgan fingerprint density at radius 1 is 1.31 bits per heavy atom. The van der Waals surface area contributed by atoms with Crippen LogP contribution in [0.2, 0.25) is 0 Å². The number of rotatable bonds is 3. The monoisotopic (exact) mass is 414 g/mol. The zero-order valence-corrected chi connectivity index (χ0v) is 15.9. The van der Waals surface area contributed by atoms with Gasteiger partial charge in [0.25, 0.3) is 17.4 Å². The highest BCUT2D eigenvalue weighted by Crippen LogP contribution is 2.34. The van der Waals surface area contributed by atoms with Gasteiger partial charge < -0.3 is 20.4 Å². The number of aromatic amines is 1. The highest BCUT2D eigenvalue weighted by Gasteiger charge is 2.24. The number of halogens is 1. The van der Waals surface area contributed by atoms with E-state index in [2.05, 4.69) is 20.6 Å². The maximum absolute atomic E-state index is 14.6. The second-order valence-electron chi connectivity index (χ2n) is 6.88. The Balaban J connectivity index is 1.38. The first kappa shape index (κ1) is 17.8.